The molecule has 0 saturated heterocycles. The molecule has 2 aliphatic carbocycles. The molecule has 0 aromatic heterocycles. The molecule has 2 unspecified atom stereocenters. The van der Waals surface area contributed by atoms with Crippen molar-refractivity contribution in [3.63, 3.8) is 0 Å². The molecule has 0 aliphatic heterocycles. The summed E-state index contributed by atoms with van der Waals surface area (Å²) in [6.45, 7) is 4.64. The third-order valence-electron chi connectivity index (χ3n) is 9.69. The smallest absolute Gasteiger partial charge is 0.339 e. The summed E-state index contributed by atoms with van der Waals surface area (Å²) in [5.41, 5.74) is 10.0. The summed E-state index contributed by atoms with van der Waals surface area (Å²) in [4.78, 5) is 58.5. The van der Waals surface area contributed by atoms with Crippen molar-refractivity contribution >= 4 is 74.1 Å². The lowest BCUT2D eigenvalue weighted by molar-refractivity contribution is -0.149. The number of carboxylic acids is 1. The molecule has 0 bridgehead atoms. The number of rotatable bonds is 6. The van der Waals surface area contributed by atoms with Crippen LogP contribution in [-0.2, 0) is 49.5 Å². The van der Waals surface area contributed by atoms with Crippen LogP contribution in [0, 0.1) is 13.8 Å². The van der Waals surface area contributed by atoms with E-state index in [1.54, 1.807) is 38.1 Å². The molecule has 4 aromatic carbocycles. The zero-order chi connectivity index (χ0) is 41.4. The van der Waals surface area contributed by atoms with E-state index in [2.05, 4.69) is 43.2 Å². The van der Waals surface area contributed by atoms with E-state index >= 15 is 0 Å². The SMILES string of the molecule is CC(=O)Oc1c(C)cccc1C(=O)O.COC(=O)C1(N)CCc2cc(Br)ccc2C1.COC(=O)C1(NC(=O)c2cccc(C)c2O)CCc2cc(Br)ccc2C1.Cl. The minimum absolute atomic E-state index is 0. The number of benzene rings is 4. The summed E-state index contributed by atoms with van der Waals surface area (Å²) < 4.78 is 16.6. The first kappa shape index (κ1) is 46.6. The second kappa shape index (κ2) is 20.1. The number of amides is 1. The highest BCUT2D eigenvalue weighted by Crippen LogP contribution is 2.33. The van der Waals surface area contributed by atoms with Gasteiger partial charge in [0.25, 0.3) is 5.91 Å². The Bertz CT molecular complexity index is 2160. The standard InChI is InChI=1S/C20H20BrNO4.C12H14BrNO2.C10H10O4.ClH/c1-12-4-3-5-16(17(12)23)18(24)22-20(19(25)26-2)9-8-13-10-15(21)7-6-14(13)11-20;1-16-11(15)12(14)5-4-8-6-10(13)3-2-9(8)7-12;1-6-4-3-5-8(10(12)13)9(6)14-7(2)11;/h3-7,10,23H,8-9,11H2,1-2H3,(H,22,24);2-3,6H,4-5,7,14H2,1H3;3-5H,1-2H3,(H,12,13);1H. The summed E-state index contributed by atoms with van der Waals surface area (Å²) >= 11 is 6.90. The van der Waals surface area contributed by atoms with Gasteiger partial charge in [0.2, 0.25) is 0 Å². The van der Waals surface area contributed by atoms with Crippen LogP contribution in [0.15, 0.2) is 81.7 Å². The van der Waals surface area contributed by atoms with Crippen LogP contribution in [0.25, 0.3) is 0 Å². The molecular formula is C42H45Br2ClN2O10. The molecule has 0 radical (unpaired) electrons. The molecular weight excluding hydrogens is 888 g/mol. The first-order valence-electron chi connectivity index (χ1n) is 17.6. The summed E-state index contributed by atoms with van der Waals surface area (Å²) in [6.07, 6.45) is 3.44. The number of aromatic carboxylic acids is 1. The number of hydrogen-bond donors (Lipinski definition) is 4. The van der Waals surface area contributed by atoms with Gasteiger partial charge in [0, 0.05) is 28.7 Å². The topological polar surface area (TPSA) is 192 Å². The van der Waals surface area contributed by atoms with Crippen molar-refractivity contribution in [2.45, 2.75) is 70.4 Å². The van der Waals surface area contributed by atoms with E-state index in [4.69, 9.17) is 25.1 Å². The van der Waals surface area contributed by atoms with Crippen LogP contribution in [0.5, 0.6) is 11.5 Å². The Balaban J connectivity index is 0.000000242. The van der Waals surface area contributed by atoms with Crippen LogP contribution >= 0.6 is 44.3 Å². The number of para-hydroxylation sites is 2. The number of aryl methyl sites for hydroxylation is 4. The Kier molecular flexibility index (Phi) is 16.4. The highest BCUT2D eigenvalue weighted by molar-refractivity contribution is 9.10. The molecule has 0 fully saturated rings. The van der Waals surface area contributed by atoms with Gasteiger partial charge in [-0.1, -0.05) is 68.3 Å². The third-order valence-corrected chi connectivity index (χ3v) is 10.7. The van der Waals surface area contributed by atoms with Crippen molar-refractivity contribution in [1.29, 1.82) is 0 Å². The van der Waals surface area contributed by atoms with Crippen molar-refractivity contribution in [1.82, 2.24) is 5.32 Å². The molecule has 0 saturated carbocycles. The fourth-order valence-electron chi connectivity index (χ4n) is 6.68. The van der Waals surface area contributed by atoms with Gasteiger partial charge >= 0.3 is 23.9 Å². The average Bonchev–Trinajstić information content (AvgIpc) is 3.16. The Morgan fingerprint density at radius 3 is 1.81 bits per heavy atom. The quantitative estimate of drug-likeness (QED) is 0.114. The van der Waals surface area contributed by atoms with Crippen LogP contribution in [0.4, 0.5) is 0 Å². The molecule has 0 heterocycles. The van der Waals surface area contributed by atoms with E-state index in [1.165, 1.54) is 38.8 Å². The lowest BCUT2D eigenvalue weighted by Gasteiger charge is -2.36. The Labute approximate surface area is 354 Å². The molecule has 304 valence electrons. The lowest BCUT2D eigenvalue weighted by atomic mass is 9.77. The van der Waals surface area contributed by atoms with Crippen LogP contribution in [0.2, 0.25) is 0 Å². The molecule has 5 N–H and O–H groups in total. The zero-order valence-corrected chi connectivity index (χ0v) is 36.1. The normalized spacial score (nSPS) is 17.5. The van der Waals surface area contributed by atoms with Crippen LogP contribution in [-0.4, -0.2) is 65.3 Å². The maximum atomic E-state index is 12.8. The van der Waals surface area contributed by atoms with E-state index in [1.807, 2.05) is 30.3 Å². The first-order chi connectivity index (χ1) is 26.4. The fourth-order valence-corrected chi connectivity index (χ4v) is 7.50. The molecule has 6 rings (SSSR count). The van der Waals surface area contributed by atoms with Crippen molar-refractivity contribution < 1.29 is 48.4 Å². The van der Waals surface area contributed by atoms with Gasteiger partial charge in [-0.3, -0.25) is 14.4 Å². The van der Waals surface area contributed by atoms with E-state index in [-0.39, 0.29) is 41.0 Å². The molecule has 57 heavy (non-hydrogen) atoms. The number of carbonyl (C=O) groups is 5. The van der Waals surface area contributed by atoms with Crippen molar-refractivity contribution in [2.24, 2.45) is 5.73 Å². The third kappa shape index (κ3) is 11.4. The fraction of sp³-hybridized carbons (Fsp3) is 0.310. The Morgan fingerprint density at radius 2 is 1.26 bits per heavy atom. The van der Waals surface area contributed by atoms with Gasteiger partial charge in [0.05, 0.1) is 19.8 Å². The minimum atomic E-state index is -1.15. The van der Waals surface area contributed by atoms with Crippen molar-refractivity contribution in [2.75, 3.05) is 14.2 Å². The lowest BCUT2D eigenvalue weighted by Crippen LogP contribution is -2.58. The van der Waals surface area contributed by atoms with Gasteiger partial charge in [0.1, 0.15) is 28.1 Å². The molecule has 0 spiro atoms. The van der Waals surface area contributed by atoms with Gasteiger partial charge in [-0.2, -0.15) is 0 Å². The maximum Gasteiger partial charge on any atom is 0.339 e. The van der Waals surface area contributed by atoms with Gasteiger partial charge in [-0.05, 0) is 109 Å². The summed E-state index contributed by atoms with van der Waals surface area (Å²) in [5, 5.41) is 21.8. The number of nitrogens with two attached hydrogens (primary N) is 1. The Hall–Kier alpha value is -4.76. The number of fused-ring (bicyclic) bond motifs is 2. The number of aromatic hydroxyl groups is 1. The van der Waals surface area contributed by atoms with Crippen molar-refractivity contribution in [3.8, 4) is 11.5 Å². The van der Waals surface area contributed by atoms with E-state index in [9.17, 15) is 29.1 Å². The number of carbonyl (C=O) groups excluding carboxylic acids is 4. The van der Waals surface area contributed by atoms with E-state index in [0.717, 1.165) is 32.1 Å². The second-order valence-electron chi connectivity index (χ2n) is 13.7. The molecule has 2 aliphatic rings. The summed E-state index contributed by atoms with van der Waals surface area (Å²) in [6, 6.07) is 21.6. The van der Waals surface area contributed by atoms with E-state index < -0.39 is 34.9 Å². The molecule has 4 aromatic rings. The number of esters is 3. The van der Waals surface area contributed by atoms with Crippen LogP contribution in [0.3, 0.4) is 0 Å². The van der Waals surface area contributed by atoms with E-state index in [0.29, 0.717) is 43.2 Å². The monoisotopic (exact) mass is 930 g/mol. The number of halogens is 3. The molecule has 12 nitrogen and oxygen atoms in total. The molecule has 2 atom stereocenters. The molecule has 1 amide bonds. The summed E-state index contributed by atoms with van der Waals surface area (Å²) in [5.74, 6) is -2.88. The number of carboxylic acid groups (broad SMARTS) is 1. The predicted octanol–water partition coefficient (Wildman–Crippen LogP) is 7.14. The maximum absolute atomic E-state index is 12.8. The van der Waals surface area contributed by atoms with Crippen molar-refractivity contribution in [3.05, 3.63) is 126 Å². The predicted molar refractivity (Wildman–Crippen MR) is 223 cm³/mol. The first-order valence-corrected chi connectivity index (χ1v) is 19.1. The average molecular weight is 933 g/mol. The number of methoxy groups -OCH3 is 2. The van der Waals surface area contributed by atoms with Gasteiger partial charge in [-0.15, -0.1) is 12.4 Å². The highest BCUT2D eigenvalue weighted by atomic mass is 79.9. The number of ether oxygens (including phenoxy) is 3. The highest BCUT2D eigenvalue weighted by Gasteiger charge is 2.44. The number of phenols is 1. The van der Waals surface area contributed by atoms with Gasteiger partial charge < -0.3 is 35.5 Å². The number of hydrogen-bond acceptors (Lipinski definition) is 10. The zero-order valence-electron chi connectivity index (χ0n) is 32.1. The number of nitrogens with one attached hydrogen (secondary N) is 1. The minimum Gasteiger partial charge on any atom is -0.507 e. The number of phenolic OH excluding ortho intramolecular Hbond substituents is 1. The van der Waals surface area contributed by atoms with Crippen LogP contribution in [0.1, 0.15) is 73.9 Å². The largest absolute Gasteiger partial charge is 0.507 e. The van der Waals surface area contributed by atoms with Crippen LogP contribution < -0.4 is 15.8 Å². The summed E-state index contributed by atoms with van der Waals surface area (Å²) in [7, 11) is 2.70. The molecule has 15 heteroatoms. The second-order valence-corrected chi connectivity index (χ2v) is 15.5. The van der Waals surface area contributed by atoms with Gasteiger partial charge in [0.15, 0.2) is 0 Å². The van der Waals surface area contributed by atoms with Gasteiger partial charge in [-0.25, -0.2) is 9.59 Å². The Morgan fingerprint density at radius 1 is 0.737 bits per heavy atom.